The lowest BCUT2D eigenvalue weighted by atomic mass is 9.70. The Morgan fingerprint density at radius 1 is 1.35 bits per heavy atom. The van der Waals surface area contributed by atoms with Crippen LogP contribution in [0, 0.1) is 16.7 Å². The molecule has 0 heterocycles. The molecule has 0 saturated heterocycles. The van der Waals surface area contributed by atoms with Gasteiger partial charge in [0.15, 0.2) is 0 Å². The van der Waals surface area contributed by atoms with Crippen molar-refractivity contribution in [2.45, 2.75) is 59.0 Å². The van der Waals surface area contributed by atoms with Gasteiger partial charge in [0.25, 0.3) is 0 Å². The van der Waals surface area contributed by atoms with Crippen LogP contribution in [0.2, 0.25) is 0 Å². The van der Waals surface area contributed by atoms with Crippen LogP contribution in [-0.2, 0) is 9.53 Å². The van der Waals surface area contributed by atoms with Gasteiger partial charge in [-0.05, 0) is 30.6 Å². The van der Waals surface area contributed by atoms with E-state index in [1.165, 1.54) is 0 Å². The summed E-state index contributed by atoms with van der Waals surface area (Å²) in [6, 6.07) is 0. The number of ether oxygens (including phenoxy) is 1. The summed E-state index contributed by atoms with van der Waals surface area (Å²) in [5.74, 6) is -4.29. The predicted molar refractivity (Wildman–Crippen MR) is 59.7 cm³/mol. The monoisotopic (exact) mass is 246 g/mol. The van der Waals surface area contributed by atoms with E-state index in [2.05, 4.69) is 20.8 Å². The Morgan fingerprint density at radius 3 is 2.29 bits per heavy atom. The number of esters is 1. The Bertz CT molecular complexity index is 346. The molecule has 2 bridgehead atoms. The fourth-order valence-electron chi connectivity index (χ4n) is 3.54. The summed E-state index contributed by atoms with van der Waals surface area (Å²) in [5.41, 5.74) is -0.0838. The van der Waals surface area contributed by atoms with Crippen LogP contribution < -0.4 is 0 Å². The number of alkyl halides is 2. The normalized spacial score (nSPS) is 39.4. The minimum Gasteiger partial charge on any atom is -0.457 e. The highest BCUT2D eigenvalue weighted by Gasteiger charge is 2.63. The Hall–Kier alpha value is -0.670. The molecule has 2 saturated carbocycles. The van der Waals surface area contributed by atoms with Crippen LogP contribution >= 0.6 is 0 Å². The molecule has 3 unspecified atom stereocenters. The summed E-state index contributed by atoms with van der Waals surface area (Å²) in [6.45, 7) is 6.97. The van der Waals surface area contributed by atoms with Crippen molar-refractivity contribution in [3.8, 4) is 0 Å². The number of fused-ring (bicyclic) bond motifs is 2. The maximum atomic E-state index is 12.9. The molecular formula is C13H20F2O2. The van der Waals surface area contributed by atoms with Gasteiger partial charge in [-0.15, -0.1) is 0 Å². The SMILES string of the molecule is CC(F)(F)C(=O)OC1CC2CCC1(C)C2(C)C. The molecule has 0 aliphatic heterocycles. The molecule has 0 aromatic heterocycles. The second-order valence-corrected chi connectivity index (χ2v) is 6.39. The van der Waals surface area contributed by atoms with E-state index in [-0.39, 0.29) is 16.9 Å². The molecule has 2 aliphatic carbocycles. The van der Waals surface area contributed by atoms with Crippen LogP contribution in [0.25, 0.3) is 0 Å². The molecule has 0 amide bonds. The van der Waals surface area contributed by atoms with Gasteiger partial charge in [-0.25, -0.2) is 4.79 Å². The highest BCUT2D eigenvalue weighted by atomic mass is 19.3. The third-order valence-corrected chi connectivity index (χ3v) is 5.32. The van der Waals surface area contributed by atoms with Crippen molar-refractivity contribution in [3.63, 3.8) is 0 Å². The average molecular weight is 246 g/mol. The fourth-order valence-corrected chi connectivity index (χ4v) is 3.54. The summed E-state index contributed by atoms with van der Waals surface area (Å²) in [7, 11) is 0. The molecule has 4 heteroatoms. The molecule has 17 heavy (non-hydrogen) atoms. The van der Waals surface area contributed by atoms with Crippen molar-refractivity contribution in [2.75, 3.05) is 0 Å². The van der Waals surface area contributed by atoms with Gasteiger partial charge in [-0.1, -0.05) is 20.8 Å². The first-order chi connectivity index (χ1) is 7.59. The zero-order valence-corrected chi connectivity index (χ0v) is 10.8. The fraction of sp³-hybridized carbons (Fsp3) is 0.923. The Labute approximate surface area is 101 Å². The maximum Gasteiger partial charge on any atom is 0.376 e. The van der Waals surface area contributed by atoms with Crippen molar-refractivity contribution in [2.24, 2.45) is 16.7 Å². The number of hydrogen-bond acceptors (Lipinski definition) is 2. The van der Waals surface area contributed by atoms with E-state index < -0.39 is 11.9 Å². The van der Waals surface area contributed by atoms with Gasteiger partial charge in [-0.3, -0.25) is 0 Å². The van der Waals surface area contributed by atoms with E-state index in [0.29, 0.717) is 12.8 Å². The number of hydrogen-bond donors (Lipinski definition) is 0. The van der Waals surface area contributed by atoms with Gasteiger partial charge >= 0.3 is 11.9 Å². The lowest BCUT2D eigenvalue weighted by Crippen LogP contribution is -2.41. The van der Waals surface area contributed by atoms with Crippen LogP contribution in [0.1, 0.15) is 47.0 Å². The first kappa shape index (κ1) is 12.8. The van der Waals surface area contributed by atoms with Crippen molar-refractivity contribution < 1.29 is 18.3 Å². The summed E-state index contributed by atoms with van der Waals surface area (Å²) in [4.78, 5) is 11.3. The highest BCUT2D eigenvalue weighted by Crippen LogP contribution is 2.66. The molecule has 2 rings (SSSR count). The van der Waals surface area contributed by atoms with Gasteiger partial charge in [0.2, 0.25) is 0 Å². The molecule has 0 spiro atoms. The Balaban J connectivity index is 2.14. The molecule has 2 aliphatic rings. The van der Waals surface area contributed by atoms with Crippen LogP contribution in [0.5, 0.6) is 0 Å². The summed E-state index contributed by atoms with van der Waals surface area (Å²) >= 11 is 0. The molecule has 0 radical (unpaired) electrons. The lowest BCUT2D eigenvalue weighted by molar-refractivity contribution is -0.182. The number of carbonyl (C=O) groups excluding carboxylic acids is 1. The van der Waals surface area contributed by atoms with E-state index in [9.17, 15) is 13.6 Å². The topological polar surface area (TPSA) is 26.3 Å². The first-order valence-electron chi connectivity index (χ1n) is 6.18. The minimum atomic E-state index is -3.39. The summed E-state index contributed by atoms with van der Waals surface area (Å²) in [5, 5.41) is 0. The third-order valence-electron chi connectivity index (χ3n) is 5.32. The predicted octanol–water partition coefficient (Wildman–Crippen LogP) is 3.40. The quantitative estimate of drug-likeness (QED) is 0.698. The van der Waals surface area contributed by atoms with Crippen molar-refractivity contribution >= 4 is 5.97 Å². The molecular weight excluding hydrogens is 226 g/mol. The van der Waals surface area contributed by atoms with Gasteiger partial charge in [-0.2, -0.15) is 8.78 Å². The van der Waals surface area contributed by atoms with Crippen LogP contribution in [0.4, 0.5) is 8.78 Å². The minimum absolute atomic E-state index is 0.0704. The Kier molecular flexibility index (Phi) is 2.57. The van der Waals surface area contributed by atoms with Crippen molar-refractivity contribution in [3.05, 3.63) is 0 Å². The highest BCUT2D eigenvalue weighted by molar-refractivity contribution is 5.77. The van der Waals surface area contributed by atoms with E-state index in [1.54, 1.807) is 0 Å². The Morgan fingerprint density at radius 2 is 1.94 bits per heavy atom. The number of halogens is 2. The maximum absolute atomic E-state index is 12.9. The molecule has 0 aromatic carbocycles. The first-order valence-corrected chi connectivity index (χ1v) is 6.18. The molecule has 0 N–H and O–H groups in total. The van der Waals surface area contributed by atoms with Gasteiger partial charge < -0.3 is 4.74 Å². The lowest BCUT2D eigenvalue weighted by Gasteiger charge is -2.38. The smallest absolute Gasteiger partial charge is 0.376 e. The molecule has 2 nitrogen and oxygen atoms in total. The molecule has 2 fully saturated rings. The standard InChI is InChI=1S/C13H20F2O2/c1-11(2)8-5-6-12(11,3)9(7-8)17-10(16)13(4,14)15/h8-9H,5-7H2,1-4H3. The second kappa shape index (κ2) is 3.42. The van der Waals surface area contributed by atoms with E-state index >= 15 is 0 Å². The van der Waals surface area contributed by atoms with Crippen molar-refractivity contribution in [1.82, 2.24) is 0 Å². The average Bonchev–Trinajstić information content (AvgIpc) is 2.49. The zero-order valence-electron chi connectivity index (χ0n) is 10.8. The molecule has 0 aromatic rings. The van der Waals surface area contributed by atoms with E-state index in [1.807, 2.05) is 0 Å². The van der Waals surface area contributed by atoms with Gasteiger partial charge in [0, 0.05) is 12.3 Å². The number of carbonyl (C=O) groups is 1. The molecule has 3 atom stereocenters. The van der Waals surface area contributed by atoms with Gasteiger partial charge in [0.1, 0.15) is 6.10 Å². The summed E-state index contributed by atoms with van der Waals surface area (Å²) in [6.07, 6.45) is 2.44. The molecule has 98 valence electrons. The van der Waals surface area contributed by atoms with Gasteiger partial charge in [0.05, 0.1) is 0 Å². The zero-order chi connectivity index (χ0) is 13.1. The number of rotatable bonds is 2. The van der Waals surface area contributed by atoms with Crippen molar-refractivity contribution in [1.29, 1.82) is 0 Å². The summed E-state index contributed by atoms with van der Waals surface area (Å²) < 4.78 is 30.8. The second-order valence-electron chi connectivity index (χ2n) is 6.39. The third kappa shape index (κ3) is 1.67. The van der Waals surface area contributed by atoms with Crippen LogP contribution in [-0.4, -0.2) is 18.0 Å². The van der Waals surface area contributed by atoms with E-state index in [0.717, 1.165) is 19.3 Å². The van der Waals surface area contributed by atoms with Crippen LogP contribution in [0.3, 0.4) is 0 Å². The van der Waals surface area contributed by atoms with Crippen LogP contribution in [0.15, 0.2) is 0 Å². The largest absolute Gasteiger partial charge is 0.457 e. The van der Waals surface area contributed by atoms with E-state index in [4.69, 9.17) is 4.74 Å².